The summed E-state index contributed by atoms with van der Waals surface area (Å²) in [7, 11) is 0. The van der Waals surface area contributed by atoms with Crippen molar-refractivity contribution >= 4 is 16.9 Å². The van der Waals surface area contributed by atoms with Gasteiger partial charge >= 0.3 is 0 Å². The van der Waals surface area contributed by atoms with E-state index in [1.54, 1.807) is 11.8 Å². The highest BCUT2D eigenvalue weighted by molar-refractivity contribution is 8.14. The van der Waals surface area contributed by atoms with Crippen molar-refractivity contribution in [3.05, 3.63) is 11.6 Å². The zero-order valence-electron chi connectivity index (χ0n) is 8.58. The van der Waals surface area contributed by atoms with Crippen LogP contribution in [-0.2, 0) is 0 Å². The van der Waals surface area contributed by atoms with Crippen molar-refractivity contribution in [3.63, 3.8) is 0 Å². The molecule has 0 amide bonds. The van der Waals surface area contributed by atoms with Crippen LogP contribution in [0.15, 0.2) is 16.6 Å². The first-order chi connectivity index (χ1) is 6.15. The topological polar surface area (TPSA) is 38.4 Å². The van der Waals surface area contributed by atoms with E-state index in [0.717, 1.165) is 11.6 Å². The molecule has 2 N–H and O–H groups in total. The van der Waals surface area contributed by atoms with Crippen molar-refractivity contribution in [2.45, 2.75) is 44.9 Å². The summed E-state index contributed by atoms with van der Waals surface area (Å²) >= 11 is 1.68. The fraction of sp³-hybridized carbons (Fsp3) is 0.700. The molecule has 0 saturated heterocycles. The summed E-state index contributed by atoms with van der Waals surface area (Å²) in [4.78, 5) is 4.41. The van der Waals surface area contributed by atoms with Gasteiger partial charge in [-0.1, -0.05) is 43.7 Å². The Labute approximate surface area is 84.7 Å². The fourth-order valence-electron chi connectivity index (χ4n) is 1.49. The molecule has 0 radical (unpaired) electrons. The Hall–Kier alpha value is -0.440. The number of nitrogens with zero attached hydrogens (tertiary/aromatic N) is 1. The van der Waals surface area contributed by atoms with Crippen LogP contribution in [-0.4, -0.2) is 16.5 Å². The minimum atomic E-state index is 0.316. The van der Waals surface area contributed by atoms with Crippen LogP contribution in [0.4, 0.5) is 0 Å². The summed E-state index contributed by atoms with van der Waals surface area (Å²) in [6, 6.07) is 0.316. The number of aliphatic imine (C=N–C) groups is 1. The highest BCUT2D eigenvalue weighted by atomic mass is 32.2. The van der Waals surface area contributed by atoms with E-state index in [9.17, 15) is 0 Å². The SMILES string of the molecule is CCC/C=C(/C)C1N=C(N)SC1C. The van der Waals surface area contributed by atoms with E-state index in [0.29, 0.717) is 11.3 Å². The molecule has 0 fully saturated rings. The lowest BCUT2D eigenvalue weighted by Crippen LogP contribution is -2.14. The normalized spacial score (nSPS) is 29.2. The van der Waals surface area contributed by atoms with Crippen molar-refractivity contribution < 1.29 is 0 Å². The van der Waals surface area contributed by atoms with Gasteiger partial charge in [-0.15, -0.1) is 0 Å². The molecule has 0 saturated carbocycles. The van der Waals surface area contributed by atoms with E-state index >= 15 is 0 Å². The second-order valence-electron chi connectivity index (χ2n) is 3.47. The number of nitrogens with two attached hydrogens (primary N) is 1. The second-order valence-corrected chi connectivity index (χ2v) is 4.87. The van der Waals surface area contributed by atoms with Crippen LogP contribution in [0.1, 0.15) is 33.6 Å². The van der Waals surface area contributed by atoms with Gasteiger partial charge in [0.05, 0.1) is 6.04 Å². The van der Waals surface area contributed by atoms with Gasteiger partial charge in [-0.3, -0.25) is 4.99 Å². The molecule has 1 rings (SSSR count). The van der Waals surface area contributed by atoms with Crippen LogP contribution >= 0.6 is 11.8 Å². The van der Waals surface area contributed by atoms with Gasteiger partial charge < -0.3 is 5.73 Å². The second kappa shape index (κ2) is 4.70. The summed E-state index contributed by atoms with van der Waals surface area (Å²) in [6.07, 6.45) is 4.63. The molecular formula is C10H18N2S. The Morgan fingerprint density at radius 2 is 2.38 bits per heavy atom. The summed E-state index contributed by atoms with van der Waals surface area (Å²) < 4.78 is 0. The maximum absolute atomic E-state index is 5.67. The number of unbranched alkanes of at least 4 members (excludes halogenated alkanes) is 1. The maximum Gasteiger partial charge on any atom is 0.154 e. The smallest absolute Gasteiger partial charge is 0.154 e. The molecule has 2 atom stereocenters. The van der Waals surface area contributed by atoms with Crippen LogP contribution in [0.5, 0.6) is 0 Å². The highest BCUT2D eigenvalue weighted by Crippen LogP contribution is 2.28. The fourth-order valence-corrected chi connectivity index (χ4v) is 2.45. The molecule has 0 aromatic carbocycles. The molecule has 1 heterocycles. The van der Waals surface area contributed by atoms with Crippen LogP contribution in [0.2, 0.25) is 0 Å². The first-order valence-corrected chi connectivity index (χ1v) is 5.69. The molecule has 0 bridgehead atoms. The number of hydrogen-bond donors (Lipinski definition) is 1. The van der Waals surface area contributed by atoms with E-state index in [1.165, 1.54) is 12.0 Å². The number of allylic oxidation sites excluding steroid dienone is 1. The molecule has 0 aromatic rings. The molecule has 0 spiro atoms. The molecular weight excluding hydrogens is 180 g/mol. The van der Waals surface area contributed by atoms with Gasteiger partial charge in [0.2, 0.25) is 0 Å². The lowest BCUT2D eigenvalue weighted by Gasteiger charge is -2.12. The van der Waals surface area contributed by atoms with E-state index in [1.807, 2.05) is 0 Å². The third-order valence-electron chi connectivity index (χ3n) is 2.24. The van der Waals surface area contributed by atoms with E-state index < -0.39 is 0 Å². The van der Waals surface area contributed by atoms with Crippen molar-refractivity contribution in [3.8, 4) is 0 Å². The quantitative estimate of drug-likeness (QED) is 0.708. The maximum atomic E-state index is 5.67. The van der Waals surface area contributed by atoms with E-state index in [-0.39, 0.29) is 0 Å². The predicted octanol–water partition coefficient (Wildman–Crippen LogP) is 2.55. The van der Waals surface area contributed by atoms with Gasteiger partial charge in [0.15, 0.2) is 5.17 Å². The minimum absolute atomic E-state index is 0.316. The van der Waals surface area contributed by atoms with Crippen molar-refractivity contribution in [2.24, 2.45) is 10.7 Å². The lowest BCUT2D eigenvalue weighted by atomic mass is 10.1. The van der Waals surface area contributed by atoms with Gasteiger partial charge in [0.1, 0.15) is 0 Å². The number of hydrogen-bond acceptors (Lipinski definition) is 3. The first-order valence-electron chi connectivity index (χ1n) is 4.81. The van der Waals surface area contributed by atoms with Crippen LogP contribution in [0, 0.1) is 0 Å². The average Bonchev–Trinajstić information content (AvgIpc) is 2.41. The first kappa shape index (κ1) is 10.6. The van der Waals surface area contributed by atoms with Gasteiger partial charge in [-0.05, 0) is 13.3 Å². The third kappa shape index (κ3) is 2.76. The summed E-state index contributed by atoms with van der Waals surface area (Å²) in [5, 5.41) is 1.25. The molecule has 1 aliphatic rings. The number of amidine groups is 1. The highest BCUT2D eigenvalue weighted by Gasteiger charge is 2.25. The summed E-state index contributed by atoms with van der Waals surface area (Å²) in [5.41, 5.74) is 7.03. The molecule has 2 unspecified atom stereocenters. The third-order valence-corrected chi connectivity index (χ3v) is 3.22. The van der Waals surface area contributed by atoms with Gasteiger partial charge in [0, 0.05) is 5.25 Å². The van der Waals surface area contributed by atoms with Crippen molar-refractivity contribution in [1.82, 2.24) is 0 Å². The van der Waals surface area contributed by atoms with E-state index in [2.05, 4.69) is 31.8 Å². The van der Waals surface area contributed by atoms with Crippen LogP contribution in [0.25, 0.3) is 0 Å². The summed E-state index contributed by atoms with van der Waals surface area (Å²) in [5.74, 6) is 0. The Morgan fingerprint density at radius 1 is 1.69 bits per heavy atom. The van der Waals surface area contributed by atoms with E-state index in [4.69, 9.17) is 5.73 Å². The average molecular weight is 198 g/mol. The number of thioether (sulfide) groups is 1. The van der Waals surface area contributed by atoms with Gasteiger partial charge in [-0.2, -0.15) is 0 Å². The van der Waals surface area contributed by atoms with Crippen molar-refractivity contribution in [1.29, 1.82) is 0 Å². The summed E-state index contributed by atoms with van der Waals surface area (Å²) in [6.45, 7) is 6.52. The van der Waals surface area contributed by atoms with Crippen LogP contribution < -0.4 is 5.73 Å². The Bertz CT molecular complexity index is 233. The molecule has 2 nitrogen and oxygen atoms in total. The lowest BCUT2D eigenvalue weighted by molar-refractivity contribution is 0.764. The van der Waals surface area contributed by atoms with Crippen molar-refractivity contribution in [2.75, 3.05) is 0 Å². The molecule has 0 aromatic heterocycles. The van der Waals surface area contributed by atoms with Crippen LogP contribution in [0.3, 0.4) is 0 Å². The van der Waals surface area contributed by atoms with Gasteiger partial charge in [-0.25, -0.2) is 0 Å². The van der Waals surface area contributed by atoms with Gasteiger partial charge in [0.25, 0.3) is 0 Å². The number of rotatable bonds is 3. The Kier molecular flexibility index (Phi) is 3.85. The molecule has 74 valence electrons. The molecule has 1 aliphatic heterocycles. The largest absolute Gasteiger partial charge is 0.379 e. The minimum Gasteiger partial charge on any atom is -0.379 e. The Morgan fingerprint density at radius 3 is 2.85 bits per heavy atom. The standard InChI is InChI=1S/C10H18N2S/c1-4-5-6-7(2)9-8(3)13-10(11)12-9/h6,8-9H,4-5H2,1-3H3,(H2,11,12)/b7-6-. The predicted molar refractivity (Wildman–Crippen MR) is 61.1 cm³/mol. The molecule has 0 aliphatic carbocycles. The zero-order valence-corrected chi connectivity index (χ0v) is 9.40. The Balaban J connectivity index is 2.61. The molecule has 3 heteroatoms. The monoisotopic (exact) mass is 198 g/mol. The molecule has 13 heavy (non-hydrogen) atoms. The zero-order chi connectivity index (χ0) is 9.84.